The predicted octanol–water partition coefficient (Wildman–Crippen LogP) is 7.19. The van der Waals surface area contributed by atoms with Crippen molar-refractivity contribution in [3.05, 3.63) is 63.5 Å². The molecule has 2 aromatic heterocycles. The summed E-state index contributed by atoms with van der Waals surface area (Å²) in [6.45, 7) is 2.17. The lowest BCUT2D eigenvalue weighted by Gasteiger charge is -2.40. The molecule has 2 fully saturated rings. The molecule has 0 amide bonds. The predicted molar refractivity (Wildman–Crippen MR) is 179 cm³/mol. The lowest BCUT2D eigenvalue weighted by atomic mass is 9.84. The van der Waals surface area contributed by atoms with Crippen LogP contribution in [0, 0.1) is 11.7 Å². The fourth-order valence-corrected chi connectivity index (χ4v) is 9.37. The second kappa shape index (κ2) is 14.6. The molecule has 1 aromatic carbocycles. The van der Waals surface area contributed by atoms with E-state index >= 15 is 13.2 Å². The van der Waals surface area contributed by atoms with Crippen LogP contribution in [0.15, 0.2) is 35.4 Å². The van der Waals surface area contributed by atoms with E-state index in [1.807, 2.05) is 0 Å². The van der Waals surface area contributed by atoms with Crippen LogP contribution in [0.3, 0.4) is 0 Å². The number of sulfone groups is 1. The Morgan fingerprint density at radius 3 is 2.33 bits per heavy atom. The van der Waals surface area contributed by atoms with Gasteiger partial charge in [-0.15, -0.1) is 0 Å². The number of aryl methyl sites for hydroxylation is 1. The molecule has 0 spiro atoms. The lowest BCUT2D eigenvalue weighted by molar-refractivity contribution is -0.0976. The highest BCUT2D eigenvalue weighted by molar-refractivity contribution is 7.91. The molecule has 8 bridgehead atoms. The molecule has 0 aliphatic carbocycles. The van der Waals surface area contributed by atoms with Crippen LogP contribution in [0.1, 0.15) is 99.8 Å². The summed E-state index contributed by atoms with van der Waals surface area (Å²) in [6, 6.07) is 3.78. The van der Waals surface area contributed by atoms with E-state index in [1.54, 1.807) is 22.5 Å². The number of anilines is 1. The van der Waals surface area contributed by atoms with Gasteiger partial charge in [-0.3, -0.25) is 14.3 Å². The number of piperidine rings is 1. The molecule has 7 rings (SSSR count). The van der Waals surface area contributed by atoms with E-state index in [1.165, 1.54) is 18.5 Å². The minimum absolute atomic E-state index is 0.00677. The highest BCUT2D eigenvalue weighted by Crippen LogP contribution is 2.44. The largest absolute Gasteiger partial charge is 0.363 e. The molecule has 0 radical (unpaired) electrons. The number of fused-ring (bicyclic) bond motifs is 10. The monoisotopic (exact) mass is 709 g/mol. The first-order valence-corrected chi connectivity index (χ1v) is 19.2. The second-order valence-electron chi connectivity index (χ2n) is 13.9. The maximum absolute atomic E-state index is 16.1. The van der Waals surface area contributed by atoms with Crippen molar-refractivity contribution in [1.29, 1.82) is 0 Å². The van der Waals surface area contributed by atoms with Gasteiger partial charge in [-0.1, -0.05) is 43.9 Å². The molecule has 1 N–H and O–H groups in total. The zero-order chi connectivity index (χ0) is 34.9. The number of nitrogens with one attached hydrogen (secondary N) is 1. The van der Waals surface area contributed by atoms with Crippen molar-refractivity contribution in [1.82, 2.24) is 19.4 Å². The summed E-state index contributed by atoms with van der Waals surface area (Å²) < 4.78 is 102. The van der Waals surface area contributed by atoms with Gasteiger partial charge in [-0.25, -0.2) is 40.3 Å². The number of nitrogens with zero attached hydrogens (tertiary/aromatic N) is 4. The quantitative estimate of drug-likeness (QED) is 0.282. The third-order valence-corrected chi connectivity index (χ3v) is 12.5. The molecule has 49 heavy (non-hydrogen) atoms. The first kappa shape index (κ1) is 35.7. The summed E-state index contributed by atoms with van der Waals surface area (Å²) >= 11 is 0. The number of halogens is 5. The summed E-state index contributed by atoms with van der Waals surface area (Å²) in [5.74, 6) is -5.77. The Labute approximate surface area is 283 Å². The first-order chi connectivity index (χ1) is 23.4. The fraction of sp³-hybridized carbons (Fsp3) is 0.629. The van der Waals surface area contributed by atoms with Gasteiger partial charge in [0.15, 0.2) is 0 Å². The number of rotatable bonds is 2. The van der Waals surface area contributed by atoms with E-state index in [-0.39, 0.29) is 60.9 Å². The maximum atomic E-state index is 16.1. The van der Waals surface area contributed by atoms with Gasteiger partial charge in [0.1, 0.15) is 33.4 Å². The average Bonchev–Trinajstić information content (AvgIpc) is 3.06. The Bertz CT molecular complexity index is 1800. The minimum atomic E-state index is -3.51. The molecular weight excluding hydrogens is 665 g/mol. The Kier molecular flexibility index (Phi) is 10.6. The van der Waals surface area contributed by atoms with Crippen LogP contribution >= 0.6 is 0 Å². The summed E-state index contributed by atoms with van der Waals surface area (Å²) in [5.41, 5.74) is -0.158. The normalized spacial score (nSPS) is 27.0. The van der Waals surface area contributed by atoms with Crippen LogP contribution in [0.25, 0.3) is 11.0 Å². The average molecular weight is 710 g/mol. The van der Waals surface area contributed by atoms with E-state index in [9.17, 15) is 22.0 Å². The number of benzene rings is 1. The Hall–Kier alpha value is -3.13. The van der Waals surface area contributed by atoms with Crippen molar-refractivity contribution >= 4 is 26.7 Å². The van der Waals surface area contributed by atoms with Gasteiger partial charge >= 0.3 is 0 Å². The molecule has 6 heterocycles. The van der Waals surface area contributed by atoms with E-state index in [4.69, 9.17) is 0 Å². The molecule has 2 atom stereocenters. The van der Waals surface area contributed by atoms with Crippen molar-refractivity contribution in [2.24, 2.45) is 5.92 Å². The summed E-state index contributed by atoms with van der Waals surface area (Å²) in [6.07, 6.45) is 2.97. The molecule has 4 aliphatic rings. The van der Waals surface area contributed by atoms with Crippen LogP contribution in [-0.2, 0) is 22.3 Å². The summed E-state index contributed by atoms with van der Waals surface area (Å²) in [7, 11) is -3.18. The van der Waals surface area contributed by atoms with Gasteiger partial charge in [0.2, 0.25) is 0 Å². The smallest absolute Gasteiger partial charge is 0.278 e. The van der Waals surface area contributed by atoms with E-state index in [0.29, 0.717) is 61.1 Å². The highest BCUT2D eigenvalue weighted by atomic mass is 32.2. The Morgan fingerprint density at radius 2 is 1.61 bits per heavy atom. The molecular formula is C35H44F5N5O3S. The van der Waals surface area contributed by atoms with E-state index in [2.05, 4.69) is 15.3 Å². The van der Waals surface area contributed by atoms with E-state index in [0.717, 1.165) is 18.9 Å². The molecule has 3 aromatic rings. The second-order valence-corrected chi connectivity index (χ2v) is 16.2. The van der Waals surface area contributed by atoms with Crippen LogP contribution in [0.2, 0.25) is 0 Å². The molecule has 0 saturated carbocycles. The molecule has 8 nitrogen and oxygen atoms in total. The van der Waals surface area contributed by atoms with E-state index < -0.39 is 51.6 Å². The summed E-state index contributed by atoms with van der Waals surface area (Å²) in [4.78, 5) is 24.4. The number of hydrogen-bond acceptors (Lipinski definition) is 7. The van der Waals surface area contributed by atoms with Gasteiger partial charge in [0, 0.05) is 23.6 Å². The lowest BCUT2D eigenvalue weighted by Crippen LogP contribution is -2.47. The van der Waals surface area contributed by atoms with Crippen LogP contribution < -0.4 is 10.9 Å². The third kappa shape index (κ3) is 7.50. The van der Waals surface area contributed by atoms with Crippen LogP contribution in [-0.4, -0.2) is 64.9 Å². The van der Waals surface area contributed by atoms with Crippen molar-refractivity contribution in [3.63, 3.8) is 0 Å². The van der Waals surface area contributed by atoms with Gasteiger partial charge in [0.25, 0.3) is 17.9 Å². The maximum Gasteiger partial charge on any atom is 0.278 e. The first-order valence-electron chi connectivity index (χ1n) is 17.4. The van der Waals surface area contributed by atoms with Crippen molar-refractivity contribution in [3.8, 4) is 0 Å². The molecule has 14 heteroatoms. The minimum Gasteiger partial charge on any atom is -0.363 e. The van der Waals surface area contributed by atoms with Crippen molar-refractivity contribution in [2.45, 2.75) is 108 Å². The fourth-order valence-electron chi connectivity index (χ4n) is 7.88. The molecule has 1 unspecified atom stereocenters. The summed E-state index contributed by atoms with van der Waals surface area (Å²) in [5, 5.41) is 3.67. The number of alkyl halides is 4. The van der Waals surface area contributed by atoms with Gasteiger partial charge in [-0.05, 0) is 70.5 Å². The standard InChI is InChI=1S/C35H44F5N5O3S/c1-22-25-8-7-9-28(30(25)36)35(39,40)24-11-16-44(17-12-24)29(31(37)38)10-5-3-2-4-6-15-45-33-27(32(43-22)41-21-42-33)20-26(34(45)46)23-13-18-49(47,48)19-14-23/h7-9,20-24,29,31H,2-6,10-19H2,1H3,(H,41,42,43)/t22-,29?/m1/s1. The zero-order valence-electron chi connectivity index (χ0n) is 27.7. The van der Waals surface area contributed by atoms with Gasteiger partial charge in [0.05, 0.1) is 34.5 Å². The van der Waals surface area contributed by atoms with Crippen LogP contribution in [0.4, 0.5) is 27.8 Å². The van der Waals surface area contributed by atoms with Crippen molar-refractivity contribution < 1.29 is 30.4 Å². The van der Waals surface area contributed by atoms with Gasteiger partial charge in [-0.2, -0.15) is 0 Å². The number of aromatic nitrogens is 3. The topological polar surface area (TPSA) is 97.2 Å². The zero-order valence-corrected chi connectivity index (χ0v) is 28.5. The van der Waals surface area contributed by atoms with Crippen LogP contribution in [0.5, 0.6) is 0 Å². The number of hydrogen-bond donors (Lipinski definition) is 1. The molecule has 4 aliphatic heterocycles. The number of pyridine rings is 1. The van der Waals surface area contributed by atoms with Gasteiger partial charge < -0.3 is 5.32 Å². The third-order valence-electron chi connectivity index (χ3n) is 10.8. The van der Waals surface area contributed by atoms with Crippen molar-refractivity contribution in [2.75, 3.05) is 29.9 Å². The highest BCUT2D eigenvalue weighted by Gasteiger charge is 2.46. The Morgan fingerprint density at radius 1 is 0.918 bits per heavy atom. The SMILES string of the molecule is C[C@H]1Nc2ncnc3c2cc(C2CCS(=O)(=O)CC2)c(=O)n3CCCCCCCC(C(F)F)N2CCC(CC2)C(F)(F)c2cccc1c2F. The molecule has 2 saturated heterocycles. The molecule has 268 valence electrons. The Balaban J connectivity index is 1.39.